The summed E-state index contributed by atoms with van der Waals surface area (Å²) in [5, 5.41) is 16.0. The number of hydrogen-bond acceptors (Lipinski definition) is 3. The van der Waals surface area contributed by atoms with E-state index in [-0.39, 0.29) is 0 Å². The van der Waals surface area contributed by atoms with Crippen molar-refractivity contribution in [1.82, 2.24) is 9.78 Å². The highest BCUT2D eigenvalue weighted by atomic mass is 35.5. The quantitative estimate of drug-likeness (QED) is 0.922. The lowest BCUT2D eigenvalue weighted by molar-refractivity contribution is 0.0884. The van der Waals surface area contributed by atoms with Crippen LogP contribution in [0.4, 0.5) is 0 Å². The van der Waals surface area contributed by atoms with Crippen molar-refractivity contribution >= 4 is 23.2 Å². The molecule has 1 N–H and O–H groups in total. The Kier molecular flexibility index (Phi) is 4.70. The third-order valence-electron chi connectivity index (χ3n) is 3.15. The highest BCUT2D eigenvalue weighted by Crippen LogP contribution is 2.34. The molecule has 4 nitrogen and oxygen atoms in total. The normalized spacial score (nSPS) is 14.2. The predicted molar refractivity (Wildman–Crippen MR) is 79.2 cm³/mol. The molecule has 1 aromatic carbocycles. The zero-order chi connectivity index (χ0) is 14.8. The van der Waals surface area contributed by atoms with E-state index in [0.717, 1.165) is 0 Å². The van der Waals surface area contributed by atoms with Gasteiger partial charge in [0.05, 0.1) is 30.1 Å². The van der Waals surface area contributed by atoms with E-state index in [0.29, 0.717) is 34.5 Å². The number of aliphatic hydroxyl groups is 1. The van der Waals surface area contributed by atoms with Crippen molar-refractivity contribution in [2.75, 3.05) is 13.7 Å². The second kappa shape index (κ2) is 6.14. The number of ether oxygens (including phenoxy) is 1. The van der Waals surface area contributed by atoms with Gasteiger partial charge in [-0.05, 0) is 24.6 Å². The van der Waals surface area contributed by atoms with Gasteiger partial charge in [0.15, 0.2) is 0 Å². The Morgan fingerprint density at radius 1 is 1.40 bits per heavy atom. The maximum absolute atomic E-state index is 10.9. The largest absolute Gasteiger partial charge is 0.383 e. The molecule has 0 aliphatic rings. The van der Waals surface area contributed by atoms with Crippen LogP contribution < -0.4 is 0 Å². The van der Waals surface area contributed by atoms with Crippen LogP contribution in [0.5, 0.6) is 0 Å². The van der Waals surface area contributed by atoms with Gasteiger partial charge in [-0.15, -0.1) is 0 Å². The van der Waals surface area contributed by atoms with E-state index in [9.17, 15) is 5.11 Å². The number of halogens is 2. The molecule has 0 fully saturated rings. The third kappa shape index (κ3) is 2.99. The summed E-state index contributed by atoms with van der Waals surface area (Å²) in [5.74, 6) is 0. The Morgan fingerprint density at radius 3 is 2.80 bits per heavy atom. The van der Waals surface area contributed by atoms with Gasteiger partial charge in [0.25, 0.3) is 0 Å². The lowest BCUT2D eigenvalue weighted by atomic mass is 9.92. The van der Waals surface area contributed by atoms with Crippen LogP contribution in [0.15, 0.2) is 30.5 Å². The molecule has 0 radical (unpaired) electrons. The van der Waals surface area contributed by atoms with Gasteiger partial charge in [0.2, 0.25) is 0 Å². The zero-order valence-electron chi connectivity index (χ0n) is 11.3. The van der Waals surface area contributed by atoms with Crippen LogP contribution in [0.25, 0.3) is 0 Å². The maximum atomic E-state index is 10.9. The highest BCUT2D eigenvalue weighted by Gasteiger charge is 2.32. The summed E-state index contributed by atoms with van der Waals surface area (Å²) in [7, 11) is 1.61. The summed E-state index contributed by atoms with van der Waals surface area (Å²) in [6.45, 7) is 2.66. The van der Waals surface area contributed by atoms with E-state index in [1.807, 2.05) is 0 Å². The van der Waals surface area contributed by atoms with Gasteiger partial charge >= 0.3 is 0 Å². The average molecular weight is 315 g/mol. The van der Waals surface area contributed by atoms with E-state index in [2.05, 4.69) is 5.10 Å². The number of rotatable bonds is 5. The molecule has 1 atom stereocenters. The summed E-state index contributed by atoms with van der Waals surface area (Å²) in [6.07, 6.45) is 1.52. The first-order valence-corrected chi connectivity index (χ1v) is 6.91. The molecule has 0 aliphatic heterocycles. The van der Waals surface area contributed by atoms with E-state index in [4.69, 9.17) is 27.9 Å². The van der Waals surface area contributed by atoms with Gasteiger partial charge in [0.1, 0.15) is 5.60 Å². The van der Waals surface area contributed by atoms with Gasteiger partial charge in [0, 0.05) is 12.1 Å². The molecule has 1 heterocycles. The molecule has 0 saturated heterocycles. The Balaban J connectivity index is 2.45. The van der Waals surface area contributed by atoms with Gasteiger partial charge in [-0.2, -0.15) is 5.10 Å². The lowest BCUT2D eigenvalue weighted by Gasteiger charge is -2.25. The van der Waals surface area contributed by atoms with Crippen molar-refractivity contribution in [2.24, 2.45) is 0 Å². The average Bonchev–Trinajstić information content (AvgIpc) is 2.78. The summed E-state index contributed by atoms with van der Waals surface area (Å²) in [6, 6.07) is 7.06. The molecule has 0 amide bonds. The number of methoxy groups -OCH3 is 1. The monoisotopic (exact) mass is 314 g/mol. The molecule has 108 valence electrons. The van der Waals surface area contributed by atoms with Crippen molar-refractivity contribution in [3.8, 4) is 0 Å². The molecule has 1 unspecified atom stereocenters. The molecule has 2 rings (SSSR count). The summed E-state index contributed by atoms with van der Waals surface area (Å²) in [4.78, 5) is 0. The predicted octanol–water partition coefficient (Wildman–Crippen LogP) is 3.09. The van der Waals surface area contributed by atoms with Crippen LogP contribution in [-0.4, -0.2) is 28.6 Å². The summed E-state index contributed by atoms with van der Waals surface area (Å²) >= 11 is 12.2. The smallest absolute Gasteiger partial charge is 0.130 e. The summed E-state index contributed by atoms with van der Waals surface area (Å²) < 4.78 is 6.69. The molecule has 20 heavy (non-hydrogen) atoms. The Labute approximate surface area is 127 Å². The highest BCUT2D eigenvalue weighted by molar-refractivity contribution is 6.31. The van der Waals surface area contributed by atoms with E-state index in [1.54, 1.807) is 43.0 Å². The molecule has 6 heteroatoms. The van der Waals surface area contributed by atoms with Crippen molar-refractivity contribution in [1.29, 1.82) is 0 Å². The Hall–Kier alpha value is -1.07. The Morgan fingerprint density at radius 2 is 2.15 bits per heavy atom. The van der Waals surface area contributed by atoms with Crippen LogP contribution in [0.2, 0.25) is 10.0 Å². The van der Waals surface area contributed by atoms with Crippen LogP contribution in [0.3, 0.4) is 0 Å². The fourth-order valence-corrected chi connectivity index (χ4v) is 2.64. The lowest BCUT2D eigenvalue weighted by Crippen LogP contribution is -2.28. The Bertz CT molecular complexity index is 597. The van der Waals surface area contributed by atoms with Crippen LogP contribution in [0, 0.1) is 0 Å². The molecule has 0 aliphatic carbocycles. The molecular weight excluding hydrogens is 299 g/mol. The number of nitrogens with zero attached hydrogens (tertiary/aromatic N) is 2. The second-order valence-corrected chi connectivity index (χ2v) is 5.48. The zero-order valence-corrected chi connectivity index (χ0v) is 12.8. The molecular formula is C14H16Cl2N2O2. The van der Waals surface area contributed by atoms with Crippen molar-refractivity contribution in [3.63, 3.8) is 0 Å². The molecule has 2 aromatic rings. The topological polar surface area (TPSA) is 47.3 Å². The molecule has 1 aromatic heterocycles. The first-order chi connectivity index (χ1) is 9.46. The van der Waals surface area contributed by atoms with Crippen LogP contribution >= 0.6 is 23.2 Å². The van der Waals surface area contributed by atoms with E-state index in [1.165, 1.54) is 6.20 Å². The van der Waals surface area contributed by atoms with Gasteiger partial charge in [-0.1, -0.05) is 35.3 Å². The molecule has 0 saturated carbocycles. The molecule has 0 bridgehead atoms. The minimum Gasteiger partial charge on any atom is -0.383 e. The van der Waals surface area contributed by atoms with Crippen LogP contribution in [0.1, 0.15) is 18.2 Å². The molecule has 0 spiro atoms. The minimum absolute atomic E-state index is 0.408. The van der Waals surface area contributed by atoms with E-state index < -0.39 is 5.60 Å². The SMILES string of the molecule is COCCn1ncc(Cl)c1C(C)(O)c1cccc(Cl)c1. The minimum atomic E-state index is -1.29. The van der Waals surface area contributed by atoms with Crippen molar-refractivity contribution in [2.45, 2.75) is 19.1 Å². The van der Waals surface area contributed by atoms with Gasteiger partial charge in [-0.3, -0.25) is 4.68 Å². The number of hydrogen-bond donors (Lipinski definition) is 1. The first-order valence-electron chi connectivity index (χ1n) is 6.16. The van der Waals surface area contributed by atoms with Crippen molar-refractivity contribution < 1.29 is 9.84 Å². The first kappa shape index (κ1) is 15.3. The van der Waals surface area contributed by atoms with E-state index >= 15 is 0 Å². The fourth-order valence-electron chi connectivity index (χ4n) is 2.12. The fraction of sp³-hybridized carbons (Fsp3) is 0.357. The number of benzene rings is 1. The van der Waals surface area contributed by atoms with Gasteiger partial charge in [-0.25, -0.2) is 0 Å². The summed E-state index contributed by atoms with van der Waals surface area (Å²) in [5.41, 5.74) is -0.101. The van der Waals surface area contributed by atoms with Gasteiger partial charge < -0.3 is 9.84 Å². The number of aromatic nitrogens is 2. The standard InChI is InChI=1S/C14H16Cl2N2O2/c1-14(19,10-4-3-5-11(15)8-10)13-12(16)9-17-18(13)6-7-20-2/h3-5,8-9,19H,6-7H2,1-2H3. The maximum Gasteiger partial charge on any atom is 0.130 e. The van der Waals surface area contributed by atoms with Crippen LogP contribution in [-0.2, 0) is 16.9 Å². The third-order valence-corrected chi connectivity index (χ3v) is 3.66. The second-order valence-electron chi connectivity index (χ2n) is 4.64. The van der Waals surface area contributed by atoms with Crippen molar-refractivity contribution in [3.05, 3.63) is 51.8 Å².